The topological polar surface area (TPSA) is 58.2 Å². The molecule has 1 aliphatic carbocycles. The summed E-state index contributed by atoms with van der Waals surface area (Å²) < 4.78 is 5.85. The molecule has 1 amide bonds. The van der Waals surface area contributed by atoms with Gasteiger partial charge in [0, 0.05) is 41.1 Å². The maximum Gasteiger partial charge on any atom is 0.273 e. The predicted molar refractivity (Wildman–Crippen MR) is 104 cm³/mol. The lowest BCUT2D eigenvalue weighted by Crippen LogP contribution is -2.35. The van der Waals surface area contributed by atoms with E-state index >= 15 is 0 Å². The molecule has 4 rings (SSSR count). The fourth-order valence-electron chi connectivity index (χ4n) is 3.74. The van der Waals surface area contributed by atoms with Crippen LogP contribution >= 0.6 is 11.3 Å². The van der Waals surface area contributed by atoms with E-state index in [1.165, 1.54) is 24.2 Å². The molecule has 0 spiro atoms. The van der Waals surface area contributed by atoms with Gasteiger partial charge in [-0.3, -0.25) is 4.79 Å². The molecule has 0 aliphatic heterocycles. The Hall–Kier alpha value is -2.34. The third-order valence-electron chi connectivity index (χ3n) is 5.22. The maximum atomic E-state index is 13.2. The van der Waals surface area contributed by atoms with Crippen LogP contribution < -0.4 is 4.74 Å². The summed E-state index contributed by atoms with van der Waals surface area (Å²) in [6.45, 7) is 2.39. The minimum absolute atomic E-state index is 0.0449. The summed E-state index contributed by atoms with van der Waals surface area (Å²) in [4.78, 5) is 22.6. The third-order valence-corrected chi connectivity index (χ3v) is 5.90. The Morgan fingerprint density at radius 3 is 2.92 bits per heavy atom. The molecule has 0 radical (unpaired) electrons. The van der Waals surface area contributed by atoms with Crippen LogP contribution in [0.15, 0.2) is 29.8 Å². The van der Waals surface area contributed by atoms with E-state index in [0.717, 1.165) is 34.9 Å². The van der Waals surface area contributed by atoms with E-state index in [-0.39, 0.29) is 5.91 Å². The Bertz CT molecular complexity index is 911. The average molecular weight is 369 g/mol. The Kier molecular flexibility index (Phi) is 4.68. The first-order chi connectivity index (χ1) is 12.6. The molecule has 2 heterocycles. The first-order valence-electron chi connectivity index (χ1n) is 9.04. The fraction of sp³-hybridized carbons (Fsp3) is 0.400. The molecule has 0 saturated heterocycles. The third kappa shape index (κ3) is 3.21. The number of nitrogens with zero attached hydrogens (tertiary/aromatic N) is 2. The summed E-state index contributed by atoms with van der Waals surface area (Å²) in [7, 11) is 1.92. The first-order valence-corrected chi connectivity index (χ1v) is 9.92. The van der Waals surface area contributed by atoms with Crippen molar-refractivity contribution in [2.24, 2.45) is 0 Å². The van der Waals surface area contributed by atoms with Crippen molar-refractivity contribution in [3.8, 4) is 5.19 Å². The van der Waals surface area contributed by atoms with Crippen molar-refractivity contribution < 1.29 is 9.53 Å². The first kappa shape index (κ1) is 17.1. The molecule has 2 aromatic heterocycles. The van der Waals surface area contributed by atoms with Crippen LogP contribution in [0.3, 0.4) is 0 Å². The summed E-state index contributed by atoms with van der Waals surface area (Å²) in [6.07, 6.45) is 6.31. The lowest BCUT2D eigenvalue weighted by Gasteiger charge is -2.24. The van der Waals surface area contributed by atoms with Gasteiger partial charge in [0.05, 0.1) is 0 Å². The van der Waals surface area contributed by atoms with Gasteiger partial charge < -0.3 is 14.6 Å². The molecule has 3 aromatic rings. The molecule has 0 atom stereocenters. The monoisotopic (exact) mass is 369 g/mol. The number of H-pyrrole nitrogens is 1. The number of fused-ring (bicyclic) bond motifs is 1. The number of thiazole rings is 1. The molecule has 0 unspecified atom stereocenters. The van der Waals surface area contributed by atoms with E-state index in [9.17, 15) is 4.79 Å². The van der Waals surface area contributed by atoms with Crippen LogP contribution in [-0.4, -0.2) is 33.9 Å². The molecule has 0 bridgehead atoms. The molecular formula is C20H23N3O2S. The second-order valence-electron chi connectivity index (χ2n) is 6.97. The fourth-order valence-corrected chi connectivity index (χ4v) is 4.23. The number of ether oxygens (including phenoxy) is 1. The highest BCUT2D eigenvalue weighted by Crippen LogP contribution is 2.29. The van der Waals surface area contributed by atoms with Gasteiger partial charge in [-0.1, -0.05) is 35.8 Å². The van der Waals surface area contributed by atoms with Crippen LogP contribution in [0, 0.1) is 6.92 Å². The largest absolute Gasteiger partial charge is 0.465 e. The van der Waals surface area contributed by atoms with Gasteiger partial charge in [-0.05, 0) is 31.9 Å². The number of rotatable bonds is 5. The number of aryl methyl sites for hydroxylation is 1. The van der Waals surface area contributed by atoms with Crippen LogP contribution in [0.1, 0.15) is 47.3 Å². The summed E-state index contributed by atoms with van der Waals surface area (Å²) in [5.74, 6) is 0.0449. The number of amides is 1. The van der Waals surface area contributed by atoms with Gasteiger partial charge in [-0.2, -0.15) is 0 Å². The average Bonchev–Trinajstić information content (AvgIpc) is 3.38. The molecular weight excluding hydrogens is 346 g/mol. The number of hydrogen-bond donors (Lipinski definition) is 1. The SMILES string of the molecule is Cc1ccc2[nH]c(C(=O)N(C)C3CCCC3)c(COc3nccs3)c2c1. The summed E-state index contributed by atoms with van der Waals surface area (Å²) >= 11 is 1.46. The minimum Gasteiger partial charge on any atom is -0.465 e. The van der Waals surface area contributed by atoms with Crippen molar-refractivity contribution in [2.75, 3.05) is 7.05 Å². The van der Waals surface area contributed by atoms with Crippen LogP contribution in [0.25, 0.3) is 10.9 Å². The lowest BCUT2D eigenvalue weighted by molar-refractivity contribution is 0.0727. The van der Waals surface area contributed by atoms with E-state index in [1.807, 2.05) is 23.4 Å². The Labute approximate surface area is 157 Å². The summed E-state index contributed by atoms with van der Waals surface area (Å²) in [5.41, 5.74) is 3.68. The zero-order chi connectivity index (χ0) is 18.1. The molecule has 136 valence electrons. The van der Waals surface area contributed by atoms with Crippen molar-refractivity contribution >= 4 is 28.1 Å². The highest BCUT2D eigenvalue weighted by Gasteiger charge is 2.27. The molecule has 5 nitrogen and oxygen atoms in total. The Morgan fingerprint density at radius 1 is 1.38 bits per heavy atom. The molecule has 1 saturated carbocycles. The normalized spacial score (nSPS) is 14.8. The lowest BCUT2D eigenvalue weighted by atomic mass is 10.1. The molecule has 1 N–H and O–H groups in total. The summed E-state index contributed by atoms with van der Waals surface area (Å²) in [6, 6.07) is 6.53. The van der Waals surface area contributed by atoms with Crippen molar-refractivity contribution in [1.29, 1.82) is 0 Å². The summed E-state index contributed by atoms with van der Waals surface area (Å²) in [5, 5.41) is 3.55. The van der Waals surface area contributed by atoms with E-state index in [0.29, 0.717) is 23.5 Å². The molecule has 26 heavy (non-hydrogen) atoms. The Morgan fingerprint density at radius 2 is 2.19 bits per heavy atom. The molecule has 1 aliphatic rings. The number of hydrogen-bond acceptors (Lipinski definition) is 4. The number of carbonyl (C=O) groups is 1. The maximum absolute atomic E-state index is 13.2. The van der Waals surface area contributed by atoms with Gasteiger partial charge in [0.2, 0.25) is 0 Å². The van der Waals surface area contributed by atoms with Crippen LogP contribution in [0.2, 0.25) is 0 Å². The Balaban J connectivity index is 1.69. The van der Waals surface area contributed by atoms with Crippen LogP contribution in [0.5, 0.6) is 5.19 Å². The van der Waals surface area contributed by atoms with E-state index in [4.69, 9.17) is 4.74 Å². The van der Waals surface area contributed by atoms with Crippen molar-refractivity contribution in [1.82, 2.24) is 14.9 Å². The van der Waals surface area contributed by atoms with E-state index in [2.05, 4.69) is 29.0 Å². The predicted octanol–water partition coefficient (Wildman–Crippen LogP) is 4.53. The smallest absolute Gasteiger partial charge is 0.273 e. The second-order valence-corrected chi connectivity index (χ2v) is 7.83. The number of carbonyl (C=O) groups excluding carboxylic acids is 1. The molecule has 1 aromatic carbocycles. The van der Waals surface area contributed by atoms with Crippen molar-refractivity contribution in [2.45, 2.75) is 45.3 Å². The van der Waals surface area contributed by atoms with Gasteiger partial charge >= 0.3 is 0 Å². The zero-order valence-corrected chi connectivity index (χ0v) is 15.9. The van der Waals surface area contributed by atoms with Crippen molar-refractivity contribution in [3.63, 3.8) is 0 Å². The van der Waals surface area contributed by atoms with Gasteiger partial charge in [-0.25, -0.2) is 4.98 Å². The van der Waals surface area contributed by atoms with Crippen molar-refractivity contribution in [3.05, 3.63) is 46.6 Å². The number of aromatic nitrogens is 2. The highest BCUT2D eigenvalue weighted by atomic mass is 32.1. The second kappa shape index (κ2) is 7.11. The molecule has 1 fully saturated rings. The quantitative estimate of drug-likeness (QED) is 0.719. The van der Waals surface area contributed by atoms with E-state index in [1.54, 1.807) is 6.20 Å². The van der Waals surface area contributed by atoms with Gasteiger partial charge in [0.15, 0.2) is 0 Å². The van der Waals surface area contributed by atoms with E-state index < -0.39 is 0 Å². The molecule has 6 heteroatoms. The number of aromatic amines is 1. The number of nitrogens with one attached hydrogen (secondary N) is 1. The number of benzene rings is 1. The van der Waals surface area contributed by atoms with Gasteiger partial charge in [0.25, 0.3) is 11.1 Å². The highest BCUT2D eigenvalue weighted by molar-refractivity contribution is 7.11. The zero-order valence-electron chi connectivity index (χ0n) is 15.1. The van der Waals surface area contributed by atoms with Crippen LogP contribution in [0.4, 0.5) is 0 Å². The van der Waals surface area contributed by atoms with Gasteiger partial charge in [0.1, 0.15) is 12.3 Å². The van der Waals surface area contributed by atoms with Crippen LogP contribution in [-0.2, 0) is 6.61 Å². The standard InChI is InChI=1S/C20H23N3O2S/c1-13-7-8-17-15(11-13)16(12-25-20-21-9-10-26-20)18(22-17)19(24)23(2)14-5-3-4-6-14/h7-11,14,22H,3-6,12H2,1-2H3. The minimum atomic E-state index is 0.0449. The van der Waals surface area contributed by atoms with Gasteiger partial charge in [-0.15, -0.1) is 0 Å².